The van der Waals surface area contributed by atoms with Crippen LogP contribution in [0, 0.1) is 23.3 Å². The molecule has 0 spiro atoms. The molecule has 0 atom stereocenters. The topological polar surface area (TPSA) is 49.3 Å². The predicted molar refractivity (Wildman–Crippen MR) is 62.3 cm³/mol. The molecular formula is C13H7F4NO2. The zero-order chi connectivity index (χ0) is 14.9. The average molecular weight is 285 g/mol. The normalized spacial score (nSPS) is 10.4. The Morgan fingerprint density at radius 1 is 1.00 bits per heavy atom. The Hall–Kier alpha value is -2.57. The molecule has 0 aliphatic heterocycles. The molecule has 20 heavy (non-hydrogen) atoms. The molecule has 0 aliphatic carbocycles. The molecule has 0 fully saturated rings. The van der Waals surface area contributed by atoms with Gasteiger partial charge in [-0.2, -0.15) is 0 Å². The number of benzene rings is 2. The highest BCUT2D eigenvalue weighted by atomic mass is 19.2. The molecule has 104 valence electrons. The number of carbonyl (C=O) groups is 1. The molecule has 2 aromatic carbocycles. The number of hydrogen-bond acceptors (Lipinski definition) is 2. The van der Waals surface area contributed by atoms with Crippen LogP contribution in [-0.4, -0.2) is 11.0 Å². The highest BCUT2D eigenvalue weighted by Crippen LogP contribution is 2.21. The van der Waals surface area contributed by atoms with Crippen LogP contribution in [0.25, 0.3) is 0 Å². The van der Waals surface area contributed by atoms with Gasteiger partial charge in [-0.1, -0.05) is 0 Å². The van der Waals surface area contributed by atoms with Crippen LogP contribution >= 0.6 is 0 Å². The van der Waals surface area contributed by atoms with Crippen molar-refractivity contribution in [1.29, 1.82) is 0 Å². The van der Waals surface area contributed by atoms with Crippen LogP contribution in [0.5, 0.6) is 5.75 Å². The fraction of sp³-hybridized carbons (Fsp3) is 0. The molecule has 7 heteroatoms. The lowest BCUT2D eigenvalue weighted by Crippen LogP contribution is -2.13. The summed E-state index contributed by atoms with van der Waals surface area (Å²) in [6.07, 6.45) is 0. The summed E-state index contributed by atoms with van der Waals surface area (Å²) in [5.74, 6) is -6.91. The average Bonchev–Trinajstić information content (AvgIpc) is 2.38. The lowest BCUT2D eigenvalue weighted by Gasteiger charge is -2.07. The van der Waals surface area contributed by atoms with E-state index in [2.05, 4.69) is 0 Å². The van der Waals surface area contributed by atoms with Gasteiger partial charge >= 0.3 is 0 Å². The molecule has 0 aliphatic rings. The van der Waals surface area contributed by atoms with E-state index in [1.807, 2.05) is 5.32 Å². The lowest BCUT2D eigenvalue weighted by molar-refractivity contribution is 0.102. The van der Waals surface area contributed by atoms with Crippen molar-refractivity contribution in [3.8, 4) is 5.75 Å². The first-order chi connectivity index (χ1) is 9.38. The molecule has 0 radical (unpaired) electrons. The van der Waals surface area contributed by atoms with E-state index in [1.54, 1.807) is 0 Å². The highest BCUT2D eigenvalue weighted by molar-refractivity contribution is 6.06. The third kappa shape index (κ3) is 2.71. The number of halogens is 4. The van der Waals surface area contributed by atoms with Crippen LogP contribution in [0.1, 0.15) is 10.4 Å². The summed E-state index contributed by atoms with van der Waals surface area (Å²) in [6.45, 7) is 0. The number of aromatic hydroxyl groups is 1. The van der Waals surface area contributed by atoms with Crippen LogP contribution in [0.3, 0.4) is 0 Å². The van der Waals surface area contributed by atoms with Gasteiger partial charge in [0.15, 0.2) is 17.5 Å². The Bertz CT molecular complexity index is 665. The predicted octanol–water partition coefficient (Wildman–Crippen LogP) is 3.20. The molecule has 0 bridgehead atoms. The number of carbonyl (C=O) groups excluding carboxylic acids is 1. The van der Waals surface area contributed by atoms with Gasteiger partial charge in [0.25, 0.3) is 5.91 Å². The number of hydrogen-bond donors (Lipinski definition) is 2. The first-order valence-corrected chi connectivity index (χ1v) is 5.33. The maximum atomic E-state index is 13.0. The van der Waals surface area contributed by atoms with Crippen molar-refractivity contribution in [2.75, 3.05) is 5.32 Å². The van der Waals surface area contributed by atoms with E-state index in [0.717, 1.165) is 18.2 Å². The van der Waals surface area contributed by atoms with Crippen molar-refractivity contribution in [2.24, 2.45) is 0 Å². The van der Waals surface area contributed by atoms with E-state index in [4.69, 9.17) is 0 Å². The van der Waals surface area contributed by atoms with Gasteiger partial charge in [0, 0.05) is 17.8 Å². The quantitative estimate of drug-likeness (QED) is 0.657. The van der Waals surface area contributed by atoms with E-state index < -0.39 is 40.5 Å². The first kappa shape index (κ1) is 13.9. The smallest absolute Gasteiger partial charge is 0.259 e. The van der Waals surface area contributed by atoms with Crippen LogP contribution in [0.15, 0.2) is 30.3 Å². The Morgan fingerprint density at radius 3 is 2.20 bits per heavy atom. The monoisotopic (exact) mass is 285 g/mol. The summed E-state index contributed by atoms with van der Waals surface area (Å²) in [4.78, 5) is 11.7. The van der Waals surface area contributed by atoms with Gasteiger partial charge in [-0.05, 0) is 18.2 Å². The van der Waals surface area contributed by atoms with Crippen molar-refractivity contribution in [2.45, 2.75) is 0 Å². The number of anilines is 1. The molecule has 0 aromatic heterocycles. The maximum Gasteiger partial charge on any atom is 0.259 e. The van der Waals surface area contributed by atoms with Crippen LogP contribution < -0.4 is 5.32 Å². The Morgan fingerprint density at radius 2 is 1.60 bits per heavy atom. The van der Waals surface area contributed by atoms with Crippen molar-refractivity contribution in [3.05, 3.63) is 59.2 Å². The van der Waals surface area contributed by atoms with Crippen LogP contribution in [-0.2, 0) is 0 Å². The molecular weight excluding hydrogens is 278 g/mol. The van der Waals surface area contributed by atoms with Crippen LogP contribution in [0.4, 0.5) is 23.2 Å². The summed E-state index contributed by atoms with van der Waals surface area (Å²) in [6, 6.07) is 3.76. The zero-order valence-electron chi connectivity index (χ0n) is 9.75. The molecule has 2 N–H and O–H groups in total. The third-order valence-corrected chi connectivity index (χ3v) is 2.44. The minimum atomic E-state index is -1.67. The second kappa shape index (κ2) is 5.20. The van der Waals surface area contributed by atoms with E-state index in [0.29, 0.717) is 12.1 Å². The maximum absolute atomic E-state index is 13.0. The second-order valence-electron chi connectivity index (χ2n) is 3.87. The molecule has 3 nitrogen and oxygen atoms in total. The number of rotatable bonds is 2. The molecule has 2 rings (SSSR count). The van der Waals surface area contributed by atoms with Crippen molar-refractivity contribution >= 4 is 11.6 Å². The molecule has 0 saturated carbocycles. The summed E-state index contributed by atoms with van der Waals surface area (Å²) in [5.41, 5.74) is -0.787. The lowest BCUT2D eigenvalue weighted by atomic mass is 10.1. The van der Waals surface area contributed by atoms with Crippen LogP contribution in [0.2, 0.25) is 0 Å². The Kier molecular flexibility index (Phi) is 3.60. The van der Waals surface area contributed by atoms with Gasteiger partial charge < -0.3 is 10.4 Å². The standard InChI is InChI=1S/C13H7F4NO2/c14-6-1-2-11(19)8(3-6)13(20)18-7-4-9(15)12(17)10(16)5-7/h1-5,19H,(H,18,20). The summed E-state index contributed by atoms with van der Waals surface area (Å²) in [7, 11) is 0. The third-order valence-electron chi connectivity index (χ3n) is 2.44. The van der Waals surface area contributed by atoms with Crippen molar-refractivity contribution in [1.82, 2.24) is 0 Å². The summed E-state index contributed by atoms with van der Waals surface area (Å²) >= 11 is 0. The molecule has 0 heterocycles. The number of phenolic OH excluding ortho intramolecular Hbond substituents is 1. The number of nitrogens with one attached hydrogen (secondary N) is 1. The second-order valence-corrected chi connectivity index (χ2v) is 3.87. The molecule has 0 unspecified atom stereocenters. The Labute approximate surface area is 110 Å². The minimum absolute atomic E-state index is 0.366. The fourth-order valence-electron chi connectivity index (χ4n) is 1.52. The van der Waals surface area contributed by atoms with Gasteiger partial charge in [0.1, 0.15) is 11.6 Å². The van der Waals surface area contributed by atoms with Gasteiger partial charge in [0.2, 0.25) is 0 Å². The molecule has 0 saturated heterocycles. The Balaban J connectivity index is 2.30. The van der Waals surface area contributed by atoms with Gasteiger partial charge in [-0.25, -0.2) is 17.6 Å². The van der Waals surface area contributed by atoms with Crippen molar-refractivity contribution < 1.29 is 27.5 Å². The largest absolute Gasteiger partial charge is 0.507 e. The highest BCUT2D eigenvalue weighted by Gasteiger charge is 2.15. The fourth-order valence-corrected chi connectivity index (χ4v) is 1.52. The summed E-state index contributed by atoms with van der Waals surface area (Å²) in [5, 5.41) is 11.4. The van der Waals surface area contributed by atoms with E-state index in [1.165, 1.54) is 0 Å². The number of amides is 1. The zero-order valence-corrected chi connectivity index (χ0v) is 9.75. The van der Waals surface area contributed by atoms with E-state index in [-0.39, 0.29) is 5.69 Å². The molecule has 1 amide bonds. The number of phenols is 1. The minimum Gasteiger partial charge on any atom is -0.507 e. The molecule has 2 aromatic rings. The van der Waals surface area contributed by atoms with Crippen molar-refractivity contribution in [3.63, 3.8) is 0 Å². The summed E-state index contributed by atoms with van der Waals surface area (Å²) < 4.78 is 51.6. The van der Waals surface area contributed by atoms with Gasteiger partial charge in [0.05, 0.1) is 5.56 Å². The van der Waals surface area contributed by atoms with Gasteiger partial charge in [-0.15, -0.1) is 0 Å². The van der Waals surface area contributed by atoms with E-state index in [9.17, 15) is 27.5 Å². The SMILES string of the molecule is O=C(Nc1cc(F)c(F)c(F)c1)c1cc(F)ccc1O. The first-order valence-electron chi connectivity index (χ1n) is 5.33. The van der Waals surface area contributed by atoms with Gasteiger partial charge in [-0.3, -0.25) is 4.79 Å². The van der Waals surface area contributed by atoms with E-state index >= 15 is 0 Å².